The van der Waals surface area contributed by atoms with Crippen molar-refractivity contribution in [1.29, 1.82) is 0 Å². The van der Waals surface area contributed by atoms with Crippen molar-refractivity contribution in [2.75, 3.05) is 0 Å². The lowest BCUT2D eigenvalue weighted by atomic mass is 10.1. The van der Waals surface area contributed by atoms with E-state index in [1.807, 2.05) is 51.1 Å². The molecule has 0 aliphatic rings. The van der Waals surface area contributed by atoms with Crippen LogP contribution in [0.15, 0.2) is 41.3 Å². The van der Waals surface area contributed by atoms with E-state index in [0.717, 1.165) is 32.3 Å². The standard InChI is InChI=1S/C17H19N3O2S2/c1-11-6-4-5-7-14(11)10-18-24(21,22)17-9-16(23-13(17)3)15-8-12(2)19-20-15/h4-9,18H,10H2,1-3H3,(H,19,20). The van der Waals surface area contributed by atoms with Crippen molar-refractivity contribution in [3.8, 4) is 10.6 Å². The number of benzene rings is 1. The first kappa shape index (κ1) is 16.9. The summed E-state index contributed by atoms with van der Waals surface area (Å²) in [4.78, 5) is 1.91. The molecule has 0 radical (unpaired) electrons. The van der Waals surface area contributed by atoms with Crippen LogP contribution in [0.2, 0.25) is 0 Å². The summed E-state index contributed by atoms with van der Waals surface area (Å²) in [5.41, 5.74) is 3.74. The number of aromatic amines is 1. The molecule has 0 spiro atoms. The van der Waals surface area contributed by atoms with Gasteiger partial charge in [0.2, 0.25) is 10.0 Å². The van der Waals surface area contributed by atoms with Crippen molar-refractivity contribution in [2.45, 2.75) is 32.2 Å². The summed E-state index contributed by atoms with van der Waals surface area (Å²) >= 11 is 1.43. The molecule has 2 N–H and O–H groups in total. The van der Waals surface area contributed by atoms with Gasteiger partial charge in [-0.3, -0.25) is 5.10 Å². The lowest BCUT2D eigenvalue weighted by Crippen LogP contribution is -2.23. The van der Waals surface area contributed by atoms with E-state index in [2.05, 4.69) is 14.9 Å². The van der Waals surface area contributed by atoms with E-state index in [1.165, 1.54) is 11.3 Å². The zero-order valence-corrected chi connectivity index (χ0v) is 15.4. The lowest BCUT2D eigenvalue weighted by molar-refractivity contribution is 0.581. The molecule has 0 amide bonds. The van der Waals surface area contributed by atoms with Crippen molar-refractivity contribution >= 4 is 21.4 Å². The maximum absolute atomic E-state index is 12.7. The van der Waals surface area contributed by atoms with Crippen molar-refractivity contribution in [1.82, 2.24) is 14.9 Å². The third-order valence-electron chi connectivity index (χ3n) is 3.83. The molecule has 2 aromatic heterocycles. The first-order valence-electron chi connectivity index (χ1n) is 7.54. The summed E-state index contributed by atoms with van der Waals surface area (Å²) in [6.45, 7) is 5.98. The summed E-state index contributed by atoms with van der Waals surface area (Å²) in [6, 6.07) is 11.3. The van der Waals surface area contributed by atoms with E-state index in [1.54, 1.807) is 6.07 Å². The van der Waals surface area contributed by atoms with Crippen molar-refractivity contribution in [2.24, 2.45) is 0 Å². The van der Waals surface area contributed by atoms with Crippen LogP contribution in [0.1, 0.15) is 21.7 Å². The van der Waals surface area contributed by atoms with Crippen molar-refractivity contribution < 1.29 is 8.42 Å². The Balaban J connectivity index is 1.85. The third-order valence-corrected chi connectivity index (χ3v) is 6.56. The molecule has 1 aromatic carbocycles. The quantitative estimate of drug-likeness (QED) is 0.730. The molecule has 2 heterocycles. The van der Waals surface area contributed by atoms with Gasteiger partial charge in [-0.15, -0.1) is 11.3 Å². The number of aromatic nitrogens is 2. The maximum atomic E-state index is 12.7. The molecule has 0 unspecified atom stereocenters. The normalized spacial score (nSPS) is 11.8. The molecule has 3 aromatic rings. The van der Waals surface area contributed by atoms with E-state index in [9.17, 15) is 8.42 Å². The topological polar surface area (TPSA) is 74.8 Å². The number of nitrogens with one attached hydrogen (secondary N) is 2. The molecule has 0 saturated heterocycles. The highest BCUT2D eigenvalue weighted by Gasteiger charge is 2.21. The largest absolute Gasteiger partial charge is 0.282 e. The SMILES string of the molecule is Cc1cc(-c2cc(S(=O)(=O)NCc3ccccc3C)c(C)s2)n[nH]1. The van der Waals surface area contributed by atoms with Crippen molar-refractivity contribution in [3.05, 3.63) is 58.1 Å². The molecule has 3 rings (SSSR count). The summed E-state index contributed by atoms with van der Waals surface area (Å²) in [7, 11) is -3.56. The zero-order chi connectivity index (χ0) is 17.3. The smallest absolute Gasteiger partial charge is 0.241 e. The van der Waals surface area contributed by atoms with Crippen molar-refractivity contribution in [3.63, 3.8) is 0 Å². The second-order valence-electron chi connectivity index (χ2n) is 5.72. The molecule has 0 saturated carbocycles. The highest BCUT2D eigenvalue weighted by molar-refractivity contribution is 7.89. The lowest BCUT2D eigenvalue weighted by Gasteiger charge is -2.08. The van der Waals surface area contributed by atoms with Gasteiger partial charge in [0, 0.05) is 17.1 Å². The molecule has 0 atom stereocenters. The predicted octanol–water partition coefficient (Wildman–Crippen LogP) is 3.54. The van der Waals surface area contributed by atoms with E-state index in [0.29, 0.717) is 4.90 Å². The molecule has 126 valence electrons. The molecule has 24 heavy (non-hydrogen) atoms. The second-order valence-corrected chi connectivity index (χ2v) is 8.71. The Labute approximate surface area is 145 Å². The fourth-order valence-electron chi connectivity index (χ4n) is 2.46. The molecule has 7 heteroatoms. The van der Waals surface area contributed by atoms with Crippen LogP contribution in [0.25, 0.3) is 10.6 Å². The van der Waals surface area contributed by atoms with Gasteiger partial charge in [-0.1, -0.05) is 24.3 Å². The first-order chi connectivity index (χ1) is 11.4. The molecule has 0 aliphatic carbocycles. The van der Waals surface area contributed by atoms with Crippen LogP contribution in [0.4, 0.5) is 0 Å². The Hall–Kier alpha value is -1.96. The predicted molar refractivity (Wildman–Crippen MR) is 96.6 cm³/mol. The third kappa shape index (κ3) is 3.43. The van der Waals surface area contributed by atoms with E-state index < -0.39 is 10.0 Å². The number of thiophene rings is 1. The van der Waals surface area contributed by atoms with Crippen LogP contribution >= 0.6 is 11.3 Å². The number of sulfonamides is 1. The minimum atomic E-state index is -3.56. The summed E-state index contributed by atoms with van der Waals surface area (Å²) in [6.07, 6.45) is 0. The number of rotatable bonds is 5. The van der Waals surface area contributed by atoms with Gasteiger partial charge >= 0.3 is 0 Å². The average molecular weight is 361 g/mol. The molecular formula is C17H19N3O2S2. The fraction of sp³-hybridized carbons (Fsp3) is 0.235. The van der Waals surface area contributed by atoms with Gasteiger partial charge < -0.3 is 0 Å². The van der Waals surface area contributed by atoms with Gasteiger partial charge in [0.15, 0.2) is 0 Å². The van der Waals surface area contributed by atoms with Crippen LogP contribution in [-0.4, -0.2) is 18.6 Å². The minimum Gasteiger partial charge on any atom is -0.282 e. The monoisotopic (exact) mass is 361 g/mol. The number of hydrogen-bond acceptors (Lipinski definition) is 4. The Morgan fingerprint density at radius 3 is 2.58 bits per heavy atom. The summed E-state index contributed by atoms with van der Waals surface area (Å²) in [5.74, 6) is 0. The Kier molecular flexibility index (Phi) is 4.58. The summed E-state index contributed by atoms with van der Waals surface area (Å²) in [5, 5.41) is 7.08. The highest BCUT2D eigenvalue weighted by Crippen LogP contribution is 2.32. The van der Waals surface area contributed by atoms with E-state index in [4.69, 9.17) is 0 Å². The van der Waals surface area contributed by atoms with E-state index in [-0.39, 0.29) is 6.54 Å². The van der Waals surface area contributed by atoms with Gasteiger partial charge in [0.1, 0.15) is 5.69 Å². The van der Waals surface area contributed by atoms with Crippen LogP contribution < -0.4 is 4.72 Å². The number of H-pyrrole nitrogens is 1. The molecule has 0 aliphatic heterocycles. The van der Waals surface area contributed by atoms with Gasteiger partial charge in [-0.05, 0) is 44.0 Å². The Morgan fingerprint density at radius 2 is 1.92 bits per heavy atom. The Morgan fingerprint density at radius 1 is 1.17 bits per heavy atom. The van der Waals surface area contributed by atoms with Gasteiger partial charge in [-0.25, -0.2) is 13.1 Å². The fourth-order valence-corrected chi connectivity index (χ4v) is 5.02. The molecular weight excluding hydrogens is 342 g/mol. The van der Waals surface area contributed by atoms with Crippen LogP contribution in [0.3, 0.4) is 0 Å². The van der Waals surface area contributed by atoms with Crippen LogP contribution in [0, 0.1) is 20.8 Å². The van der Waals surface area contributed by atoms with Gasteiger partial charge in [-0.2, -0.15) is 5.10 Å². The molecule has 5 nitrogen and oxygen atoms in total. The number of aryl methyl sites for hydroxylation is 3. The molecule has 0 bridgehead atoms. The van der Waals surface area contributed by atoms with Gasteiger partial charge in [0.25, 0.3) is 0 Å². The van der Waals surface area contributed by atoms with Gasteiger partial charge in [0.05, 0.1) is 9.77 Å². The minimum absolute atomic E-state index is 0.279. The number of nitrogens with zero attached hydrogens (tertiary/aromatic N) is 1. The zero-order valence-electron chi connectivity index (χ0n) is 13.8. The summed E-state index contributed by atoms with van der Waals surface area (Å²) < 4.78 is 28.0. The second kappa shape index (κ2) is 6.51. The average Bonchev–Trinajstić information content (AvgIpc) is 3.13. The van der Waals surface area contributed by atoms with Crippen LogP contribution in [-0.2, 0) is 16.6 Å². The highest BCUT2D eigenvalue weighted by atomic mass is 32.2. The first-order valence-corrected chi connectivity index (χ1v) is 9.84. The molecule has 0 fully saturated rings. The number of hydrogen-bond donors (Lipinski definition) is 2. The van der Waals surface area contributed by atoms with Crippen LogP contribution in [0.5, 0.6) is 0 Å². The maximum Gasteiger partial charge on any atom is 0.241 e. The Bertz CT molecular complexity index is 971. The van der Waals surface area contributed by atoms with E-state index >= 15 is 0 Å².